The molecule has 0 bridgehead atoms. The normalized spacial score (nSPS) is 18.7. The molecule has 1 fully saturated rings. The summed E-state index contributed by atoms with van der Waals surface area (Å²) in [6.07, 6.45) is -4.70. The second-order valence-electron chi connectivity index (χ2n) is 6.78. The van der Waals surface area contributed by atoms with Gasteiger partial charge >= 0.3 is 6.36 Å². The lowest BCUT2D eigenvalue weighted by Crippen LogP contribution is -2.48. The fourth-order valence-electron chi connectivity index (χ4n) is 3.10. The van der Waals surface area contributed by atoms with Crippen LogP contribution < -0.4 is 10.1 Å². The lowest BCUT2D eigenvalue weighted by molar-refractivity contribution is -0.275. The van der Waals surface area contributed by atoms with Crippen LogP contribution in [-0.2, 0) is 0 Å². The summed E-state index contributed by atoms with van der Waals surface area (Å²) in [6, 6.07) is 4.52. The number of ether oxygens (including phenoxy) is 1. The molecule has 1 heterocycles. The molecule has 23 heavy (non-hydrogen) atoms. The van der Waals surface area contributed by atoms with Crippen molar-refractivity contribution >= 4 is 15.9 Å². The average Bonchev–Trinajstić information content (AvgIpc) is 2.40. The molecular weight excluding hydrogens is 373 g/mol. The molecule has 7 heteroatoms. The number of rotatable bonds is 3. The fraction of sp³-hybridized carbons (Fsp3) is 0.625. The first kappa shape index (κ1) is 18.5. The predicted octanol–water partition coefficient (Wildman–Crippen LogP) is 4.34. The monoisotopic (exact) mass is 394 g/mol. The zero-order valence-electron chi connectivity index (χ0n) is 13.5. The summed E-state index contributed by atoms with van der Waals surface area (Å²) < 4.78 is 43.3. The quantitative estimate of drug-likeness (QED) is 0.824. The first-order valence-electron chi connectivity index (χ1n) is 7.58. The number of benzene rings is 1. The van der Waals surface area contributed by atoms with Gasteiger partial charge in [0.05, 0.1) is 0 Å². The largest absolute Gasteiger partial charge is 0.573 e. The summed E-state index contributed by atoms with van der Waals surface area (Å²) in [5.74, 6) is -0.126. The fourth-order valence-corrected chi connectivity index (χ4v) is 3.48. The maximum Gasteiger partial charge on any atom is 0.573 e. The van der Waals surface area contributed by atoms with E-state index in [9.17, 15) is 13.2 Å². The first-order chi connectivity index (χ1) is 10.6. The van der Waals surface area contributed by atoms with Crippen molar-refractivity contribution in [1.29, 1.82) is 0 Å². The predicted molar refractivity (Wildman–Crippen MR) is 87.5 cm³/mol. The van der Waals surface area contributed by atoms with Crippen LogP contribution in [0, 0.1) is 5.41 Å². The van der Waals surface area contributed by atoms with Gasteiger partial charge in [-0.05, 0) is 23.6 Å². The van der Waals surface area contributed by atoms with Gasteiger partial charge in [-0.2, -0.15) is 0 Å². The van der Waals surface area contributed by atoms with E-state index in [1.807, 2.05) is 20.8 Å². The van der Waals surface area contributed by atoms with Gasteiger partial charge in [0.2, 0.25) is 0 Å². The molecule has 1 saturated heterocycles. The first-order valence-corrected chi connectivity index (χ1v) is 8.37. The van der Waals surface area contributed by atoms with Gasteiger partial charge in [0, 0.05) is 42.3 Å². The van der Waals surface area contributed by atoms with Crippen molar-refractivity contribution in [2.24, 2.45) is 5.41 Å². The van der Waals surface area contributed by atoms with E-state index in [0.717, 1.165) is 30.7 Å². The summed E-state index contributed by atoms with van der Waals surface area (Å²) in [7, 11) is 0. The summed E-state index contributed by atoms with van der Waals surface area (Å²) in [5.41, 5.74) is 0.327. The Labute approximate surface area is 143 Å². The Hall–Kier alpha value is -0.790. The number of nitrogens with zero attached hydrogens (tertiary/aromatic N) is 1. The Morgan fingerprint density at radius 3 is 2.30 bits per heavy atom. The van der Waals surface area contributed by atoms with Crippen LogP contribution in [0.25, 0.3) is 0 Å². The van der Waals surface area contributed by atoms with E-state index in [4.69, 9.17) is 0 Å². The molecule has 1 N–H and O–H groups in total. The highest BCUT2D eigenvalue weighted by molar-refractivity contribution is 9.10. The summed E-state index contributed by atoms with van der Waals surface area (Å²) in [6.45, 7) is 9.36. The Morgan fingerprint density at radius 2 is 1.78 bits per heavy atom. The van der Waals surface area contributed by atoms with Crippen LogP contribution in [0.3, 0.4) is 0 Å². The lowest BCUT2D eigenvalue weighted by Gasteiger charge is -2.43. The van der Waals surface area contributed by atoms with Crippen LogP contribution >= 0.6 is 15.9 Å². The highest BCUT2D eigenvalue weighted by Gasteiger charge is 2.38. The van der Waals surface area contributed by atoms with E-state index in [1.54, 1.807) is 12.1 Å². The molecule has 1 aliphatic rings. The van der Waals surface area contributed by atoms with Crippen molar-refractivity contribution in [3.8, 4) is 5.75 Å². The molecule has 0 spiro atoms. The van der Waals surface area contributed by atoms with Gasteiger partial charge in [0.25, 0.3) is 0 Å². The Morgan fingerprint density at radius 1 is 1.17 bits per heavy atom. The minimum atomic E-state index is -4.70. The maximum absolute atomic E-state index is 12.8. The highest BCUT2D eigenvalue weighted by atomic mass is 79.9. The van der Waals surface area contributed by atoms with Crippen molar-refractivity contribution in [2.45, 2.75) is 33.2 Å². The van der Waals surface area contributed by atoms with Crippen LogP contribution in [0.15, 0.2) is 22.7 Å². The second-order valence-corrected chi connectivity index (χ2v) is 7.70. The van der Waals surface area contributed by atoms with Gasteiger partial charge in [-0.25, -0.2) is 0 Å². The summed E-state index contributed by atoms with van der Waals surface area (Å²) in [4.78, 5) is 2.22. The van der Waals surface area contributed by atoms with Gasteiger partial charge in [-0.1, -0.05) is 36.7 Å². The van der Waals surface area contributed by atoms with Crippen molar-refractivity contribution in [3.05, 3.63) is 28.2 Å². The van der Waals surface area contributed by atoms with Crippen LogP contribution in [0.4, 0.5) is 13.2 Å². The number of hydrogen-bond acceptors (Lipinski definition) is 3. The van der Waals surface area contributed by atoms with Crippen LogP contribution in [0.1, 0.15) is 32.4 Å². The molecule has 1 aliphatic heterocycles. The third kappa shape index (κ3) is 5.09. The third-order valence-electron chi connectivity index (χ3n) is 3.83. The molecule has 0 aliphatic carbocycles. The summed E-state index contributed by atoms with van der Waals surface area (Å²) >= 11 is 3.37. The highest BCUT2D eigenvalue weighted by Crippen LogP contribution is 2.44. The zero-order chi connectivity index (χ0) is 17.3. The molecule has 0 aromatic heterocycles. The Kier molecular flexibility index (Phi) is 5.63. The number of alkyl halides is 3. The molecule has 130 valence electrons. The van der Waals surface area contributed by atoms with E-state index in [1.165, 1.54) is 6.07 Å². The second kappa shape index (κ2) is 6.99. The molecule has 3 nitrogen and oxygen atoms in total. The molecular formula is C16H22BrF3N2O. The standard InChI is InChI=1S/C16H22BrF3N2O/c1-15(2,3)14(22-8-6-21-7-9-22)12-10-11(17)4-5-13(12)23-16(18,19)20/h4-5,10,14,21H,6-9H2,1-3H3/t14-/m0/s1. The molecule has 0 radical (unpaired) electrons. The molecule has 0 amide bonds. The molecule has 0 unspecified atom stereocenters. The summed E-state index contributed by atoms with van der Waals surface area (Å²) in [5, 5.41) is 3.27. The van der Waals surface area contributed by atoms with E-state index < -0.39 is 6.36 Å². The van der Waals surface area contributed by atoms with E-state index in [-0.39, 0.29) is 17.2 Å². The van der Waals surface area contributed by atoms with Crippen molar-refractivity contribution in [2.75, 3.05) is 26.2 Å². The van der Waals surface area contributed by atoms with Crippen LogP contribution in [-0.4, -0.2) is 37.4 Å². The van der Waals surface area contributed by atoms with Crippen LogP contribution in [0.5, 0.6) is 5.75 Å². The van der Waals surface area contributed by atoms with Crippen LogP contribution in [0.2, 0.25) is 0 Å². The lowest BCUT2D eigenvalue weighted by atomic mass is 9.80. The average molecular weight is 395 g/mol. The Balaban J connectivity index is 2.46. The van der Waals surface area contributed by atoms with Gasteiger partial charge in [0.15, 0.2) is 0 Å². The molecule has 2 rings (SSSR count). The SMILES string of the molecule is CC(C)(C)[C@H](c1cc(Br)ccc1OC(F)(F)F)N1CCNCC1. The minimum absolute atomic E-state index is 0.126. The molecule has 1 atom stereocenters. The maximum atomic E-state index is 12.8. The Bertz CT molecular complexity index is 537. The molecule has 0 saturated carbocycles. The molecule has 1 aromatic rings. The van der Waals surface area contributed by atoms with E-state index in [2.05, 4.69) is 30.9 Å². The molecule has 1 aromatic carbocycles. The van der Waals surface area contributed by atoms with E-state index in [0.29, 0.717) is 5.56 Å². The van der Waals surface area contributed by atoms with Crippen molar-refractivity contribution < 1.29 is 17.9 Å². The topological polar surface area (TPSA) is 24.5 Å². The van der Waals surface area contributed by atoms with Crippen molar-refractivity contribution in [1.82, 2.24) is 10.2 Å². The van der Waals surface area contributed by atoms with Gasteiger partial charge < -0.3 is 10.1 Å². The number of nitrogens with one attached hydrogen (secondary N) is 1. The number of halogens is 4. The van der Waals surface area contributed by atoms with Gasteiger partial charge in [-0.3, -0.25) is 4.90 Å². The number of piperazine rings is 1. The third-order valence-corrected chi connectivity index (χ3v) is 4.32. The van der Waals surface area contributed by atoms with Gasteiger partial charge in [0.1, 0.15) is 5.75 Å². The van der Waals surface area contributed by atoms with Crippen molar-refractivity contribution in [3.63, 3.8) is 0 Å². The zero-order valence-corrected chi connectivity index (χ0v) is 15.1. The minimum Gasteiger partial charge on any atom is -0.405 e. The van der Waals surface area contributed by atoms with E-state index >= 15 is 0 Å². The number of hydrogen-bond donors (Lipinski definition) is 1. The smallest absolute Gasteiger partial charge is 0.405 e. The van der Waals surface area contributed by atoms with Gasteiger partial charge in [-0.15, -0.1) is 13.2 Å².